The quantitative estimate of drug-likeness (QED) is 0.774. The van der Waals surface area contributed by atoms with Gasteiger partial charge in [-0.15, -0.1) is 0 Å². The smallest absolute Gasteiger partial charge is 0.154 e. The summed E-state index contributed by atoms with van der Waals surface area (Å²) in [5.41, 5.74) is 1.90. The summed E-state index contributed by atoms with van der Waals surface area (Å²) in [4.78, 5) is 12.0. The molecule has 1 aromatic carbocycles. The Kier molecular flexibility index (Phi) is 4.90. The summed E-state index contributed by atoms with van der Waals surface area (Å²) < 4.78 is 0. The fourth-order valence-corrected chi connectivity index (χ4v) is 1.79. The third-order valence-electron chi connectivity index (χ3n) is 3.07. The predicted molar refractivity (Wildman–Crippen MR) is 68.6 cm³/mol. The highest BCUT2D eigenvalue weighted by molar-refractivity contribution is 5.88. The van der Waals surface area contributed by atoms with E-state index in [1.165, 1.54) is 0 Å². The summed E-state index contributed by atoms with van der Waals surface area (Å²) in [6.07, 6.45) is 1.46. The number of hydrogen-bond donors (Lipinski definition) is 0. The maximum absolute atomic E-state index is 12.0. The molecule has 0 aliphatic carbocycles. The van der Waals surface area contributed by atoms with E-state index in [0.29, 0.717) is 12.3 Å². The van der Waals surface area contributed by atoms with Crippen molar-refractivity contribution in [1.29, 1.82) is 5.26 Å². The monoisotopic (exact) mass is 229 g/mol. The van der Waals surface area contributed by atoms with Crippen molar-refractivity contribution in [2.75, 3.05) is 0 Å². The van der Waals surface area contributed by atoms with Gasteiger partial charge in [-0.1, -0.05) is 50.1 Å². The largest absolute Gasteiger partial charge is 0.298 e. The van der Waals surface area contributed by atoms with Crippen LogP contribution in [0.25, 0.3) is 0 Å². The molecule has 0 aliphatic rings. The molecule has 0 bridgehead atoms. The Hall–Kier alpha value is -1.62. The Morgan fingerprint density at radius 2 is 2.18 bits per heavy atom. The van der Waals surface area contributed by atoms with Crippen molar-refractivity contribution in [2.45, 2.75) is 39.5 Å². The average Bonchev–Trinajstić information content (AvgIpc) is 2.30. The number of hydrogen-bond acceptors (Lipinski definition) is 2. The van der Waals surface area contributed by atoms with E-state index in [1.807, 2.05) is 38.1 Å². The van der Waals surface area contributed by atoms with Crippen LogP contribution in [0.3, 0.4) is 0 Å². The van der Waals surface area contributed by atoms with E-state index in [4.69, 9.17) is 5.26 Å². The van der Waals surface area contributed by atoms with Crippen LogP contribution < -0.4 is 0 Å². The van der Waals surface area contributed by atoms with Crippen molar-refractivity contribution in [2.24, 2.45) is 5.92 Å². The molecule has 1 aromatic rings. The molecule has 0 radical (unpaired) electrons. The van der Waals surface area contributed by atoms with Gasteiger partial charge in [-0.05, 0) is 18.4 Å². The first kappa shape index (κ1) is 13.4. The highest BCUT2D eigenvalue weighted by Crippen LogP contribution is 2.21. The van der Waals surface area contributed by atoms with Crippen LogP contribution in [0.5, 0.6) is 0 Å². The summed E-state index contributed by atoms with van der Waals surface area (Å²) >= 11 is 0. The van der Waals surface area contributed by atoms with E-state index in [-0.39, 0.29) is 5.78 Å². The van der Waals surface area contributed by atoms with Gasteiger partial charge in [-0.2, -0.15) is 5.26 Å². The fraction of sp³-hybridized carbons (Fsp3) is 0.467. The molecule has 0 saturated carbocycles. The van der Waals surface area contributed by atoms with Crippen molar-refractivity contribution in [3.8, 4) is 6.07 Å². The molecule has 1 rings (SSSR count). The lowest BCUT2D eigenvalue weighted by Gasteiger charge is -2.12. The zero-order valence-electron chi connectivity index (χ0n) is 10.7. The van der Waals surface area contributed by atoms with Crippen LogP contribution in [0.15, 0.2) is 24.3 Å². The van der Waals surface area contributed by atoms with Crippen molar-refractivity contribution >= 4 is 5.78 Å². The van der Waals surface area contributed by atoms with E-state index in [9.17, 15) is 4.79 Å². The highest BCUT2D eigenvalue weighted by atomic mass is 16.1. The number of carbonyl (C=O) groups is 1. The first-order valence-electron chi connectivity index (χ1n) is 6.07. The normalized spacial score (nSPS) is 13.8. The molecule has 0 heterocycles. The van der Waals surface area contributed by atoms with Gasteiger partial charge in [0, 0.05) is 6.42 Å². The second-order valence-electron chi connectivity index (χ2n) is 4.66. The Morgan fingerprint density at radius 3 is 2.71 bits per heavy atom. The van der Waals surface area contributed by atoms with Gasteiger partial charge >= 0.3 is 0 Å². The third kappa shape index (κ3) is 3.71. The molecule has 2 unspecified atom stereocenters. The molecule has 17 heavy (non-hydrogen) atoms. The molecular weight excluding hydrogens is 210 g/mol. The number of nitriles is 1. The van der Waals surface area contributed by atoms with Crippen LogP contribution in [0, 0.1) is 24.2 Å². The lowest BCUT2D eigenvalue weighted by atomic mass is 9.89. The van der Waals surface area contributed by atoms with Crippen LogP contribution in [-0.4, -0.2) is 5.78 Å². The Balaban J connectivity index is 2.86. The molecule has 90 valence electrons. The van der Waals surface area contributed by atoms with E-state index >= 15 is 0 Å². The molecule has 0 spiro atoms. The third-order valence-corrected chi connectivity index (χ3v) is 3.07. The van der Waals surface area contributed by atoms with Crippen LogP contribution in [0.1, 0.15) is 43.7 Å². The van der Waals surface area contributed by atoms with Crippen molar-refractivity contribution in [1.82, 2.24) is 0 Å². The fourth-order valence-electron chi connectivity index (χ4n) is 1.79. The summed E-state index contributed by atoms with van der Waals surface area (Å²) in [7, 11) is 0. The number of aryl methyl sites for hydroxylation is 1. The maximum atomic E-state index is 12.0. The minimum Gasteiger partial charge on any atom is -0.298 e. The number of ketones is 1. The van der Waals surface area contributed by atoms with Gasteiger partial charge in [-0.3, -0.25) is 4.79 Å². The SMILES string of the molecule is CCC(C)CC(=O)C(C#N)c1cccc(C)c1. The zero-order chi connectivity index (χ0) is 12.8. The lowest BCUT2D eigenvalue weighted by Crippen LogP contribution is -2.14. The van der Waals surface area contributed by atoms with Crippen LogP contribution in [0.4, 0.5) is 0 Å². The molecule has 2 heteroatoms. The Labute approximate surface area is 103 Å². The second kappa shape index (κ2) is 6.20. The van der Waals surface area contributed by atoms with E-state index < -0.39 is 5.92 Å². The van der Waals surface area contributed by atoms with E-state index in [0.717, 1.165) is 17.5 Å². The van der Waals surface area contributed by atoms with Crippen molar-refractivity contribution in [3.63, 3.8) is 0 Å². The van der Waals surface area contributed by atoms with Gasteiger partial charge in [0.25, 0.3) is 0 Å². The average molecular weight is 229 g/mol. The first-order valence-corrected chi connectivity index (χ1v) is 6.07. The molecule has 0 aliphatic heterocycles. The minimum absolute atomic E-state index is 0.0347. The Morgan fingerprint density at radius 1 is 1.47 bits per heavy atom. The number of rotatable bonds is 5. The lowest BCUT2D eigenvalue weighted by molar-refractivity contribution is -0.120. The topological polar surface area (TPSA) is 40.9 Å². The van der Waals surface area contributed by atoms with Gasteiger partial charge in [0.15, 0.2) is 5.78 Å². The molecular formula is C15H19NO. The molecule has 0 saturated heterocycles. The van der Waals surface area contributed by atoms with Crippen molar-refractivity contribution in [3.05, 3.63) is 35.4 Å². The second-order valence-corrected chi connectivity index (χ2v) is 4.66. The molecule has 0 aromatic heterocycles. The van der Waals surface area contributed by atoms with Gasteiger partial charge < -0.3 is 0 Å². The summed E-state index contributed by atoms with van der Waals surface area (Å²) in [6.45, 7) is 6.08. The number of carbonyl (C=O) groups excluding carboxylic acids is 1. The minimum atomic E-state index is -0.608. The number of nitrogens with zero attached hydrogens (tertiary/aromatic N) is 1. The molecule has 2 nitrogen and oxygen atoms in total. The predicted octanol–water partition coefficient (Wildman–Crippen LogP) is 3.61. The standard InChI is InChI=1S/C15H19NO/c1-4-11(2)9-15(17)14(10-16)13-7-5-6-12(3)8-13/h5-8,11,14H,4,9H2,1-3H3. The molecule has 0 fully saturated rings. The summed E-state index contributed by atoms with van der Waals surface area (Å²) in [5, 5.41) is 9.16. The molecule has 2 atom stereocenters. The maximum Gasteiger partial charge on any atom is 0.154 e. The van der Waals surface area contributed by atoms with Crippen molar-refractivity contribution < 1.29 is 4.79 Å². The Bertz CT molecular complexity index is 431. The van der Waals surface area contributed by atoms with Crippen LogP contribution in [-0.2, 0) is 4.79 Å². The van der Waals surface area contributed by atoms with Crippen LogP contribution in [0.2, 0.25) is 0 Å². The van der Waals surface area contributed by atoms with Crippen LogP contribution >= 0.6 is 0 Å². The molecule has 0 amide bonds. The first-order chi connectivity index (χ1) is 8.08. The van der Waals surface area contributed by atoms with E-state index in [1.54, 1.807) is 0 Å². The highest BCUT2D eigenvalue weighted by Gasteiger charge is 2.21. The molecule has 0 N–H and O–H groups in total. The van der Waals surface area contributed by atoms with Gasteiger partial charge in [0.1, 0.15) is 5.92 Å². The number of benzene rings is 1. The number of Topliss-reactive ketones (excluding diaryl/α,β-unsaturated/α-hetero) is 1. The zero-order valence-corrected chi connectivity index (χ0v) is 10.7. The van der Waals surface area contributed by atoms with Gasteiger partial charge in [-0.25, -0.2) is 0 Å². The van der Waals surface area contributed by atoms with Gasteiger partial charge in [0.05, 0.1) is 6.07 Å². The summed E-state index contributed by atoms with van der Waals surface area (Å²) in [6, 6.07) is 9.76. The van der Waals surface area contributed by atoms with Gasteiger partial charge in [0.2, 0.25) is 0 Å². The van der Waals surface area contributed by atoms with E-state index in [2.05, 4.69) is 13.0 Å². The summed E-state index contributed by atoms with van der Waals surface area (Å²) in [5.74, 6) is -0.223.